The van der Waals surface area contributed by atoms with Crippen LogP contribution in [0.25, 0.3) is 0 Å². The van der Waals surface area contributed by atoms with E-state index in [9.17, 15) is 9.59 Å². The van der Waals surface area contributed by atoms with Crippen molar-refractivity contribution in [3.63, 3.8) is 0 Å². The van der Waals surface area contributed by atoms with Crippen LogP contribution in [-0.4, -0.2) is 36.4 Å². The summed E-state index contributed by atoms with van der Waals surface area (Å²) in [7, 11) is 0. The number of rotatable bonds is 9. The quantitative estimate of drug-likeness (QED) is 0.619. The molecule has 1 aliphatic rings. The third-order valence-corrected chi connectivity index (χ3v) is 6.75. The fourth-order valence-corrected chi connectivity index (χ4v) is 4.93. The van der Waals surface area contributed by atoms with Crippen molar-refractivity contribution < 1.29 is 14.0 Å². The van der Waals surface area contributed by atoms with E-state index in [0.717, 1.165) is 18.6 Å². The molecular formula is C24H32N2O3S. The number of furan rings is 1. The minimum atomic E-state index is -0.576. The Morgan fingerprint density at radius 1 is 1.13 bits per heavy atom. The standard InChI is InChI=1S/C24H32N2O3S/c1-18-9-4-5-10-19(18)24(13-6-3-7-14-24)17-25-22(27)20(12-16-30-2)26-23(28)21-11-8-15-29-21/h4-5,8-11,15,20H,3,6-7,12-14,16-17H2,1-2H3,(H,25,27)(H,26,28). The Labute approximate surface area is 183 Å². The molecule has 0 radical (unpaired) electrons. The molecule has 1 unspecified atom stereocenters. The van der Waals surface area contributed by atoms with E-state index in [2.05, 4.69) is 41.8 Å². The molecular weight excluding hydrogens is 396 g/mol. The molecule has 1 atom stereocenters. The number of carbonyl (C=O) groups excluding carboxylic acids is 2. The second-order valence-electron chi connectivity index (χ2n) is 8.16. The molecule has 0 saturated heterocycles. The zero-order valence-electron chi connectivity index (χ0n) is 17.9. The molecule has 1 fully saturated rings. The smallest absolute Gasteiger partial charge is 0.287 e. The van der Waals surface area contributed by atoms with Crippen LogP contribution in [-0.2, 0) is 10.2 Å². The maximum absolute atomic E-state index is 13.1. The van der Waals surface area contributed by atoms with Crippen LogP contribution in [0.2, 0.25) is 0 Å². The van der Waals surface area contributed by atoms with Gasteiger partial charge < -0.3 is 15.1 Å². The molecule has 3 rings (SSSR count). The fourth-order valence-electron chi connectivity index (χ4n) is 4.46. The van der Waals surface area contributed by atoms with Gasteiger partial charge in [-0.3, -0.25) is 9.59 Å². The first kappa shape index (κ1) is 22.5. The summed E-state index contributed by atoms with van der Waals surface area (Å²) in [4.78, 5) is 25.5. The summed E-state index contributed by atoms with van der Waals surface area (Å²) in [5.74, 6) is 0.537. The van der Waals surface area contributed by atoms with Gasteiger partial charge in [0.2, 0.25) is 5.91 Å². The summed E-state index contributed by atoms with van der Waals surface area (Å²) in [6.07, 6.45) is 9.79. The average molecular weight is 429 g/mol. The maximum Gasteiger partial charge on any atom is 0.287 e. The van der Waals surface area contributed by atoms with Crippen molar-refractivity contribution in [2.24, 2.45) is 0 Å². The Morgan fingerprint density at radius 2 is 1.90 bits per heavy atom. The van der Waals surface area contributed by atoms with E-state index in [-0.39, 0.29) is 23.0 Å². The SMILES string of the molecule is CSCCC(NC(=O)c1ccco1)C(=O)NCC1(c2ccccc2C)CCCCC1. The van der Waals surface area contributed by atoms with Crippen molar-refractivity contribution in [2.45, 2.75) is 56.9 Å². The average Bonchev–Trinajstić information content (AvgIpc) is 3.31. The Bertz CT molecular complexity index is 829. The van der Waals surface area contributed by atoms with Crippen LogP contribution in [0.4, 0.5) is 0 Å². The van der Waals surface area contributed by atoms with E-state index in [0.29, 0.717) is 13.0 Å². The van der Waals surface area contributed by atoms with E-state index in [1.807, 2.05) is 6.26 Å². The lowest BCUT2D eigenvalue weighted by atomic mass is 9.68. The van der Waals surface area contributed by atoms with Gasteiger partial charge in [0.25, 0.3) is 5.91 Å². The molecule has 2 amide bonds. The molecule has 162 valence electrons. The van der Waals surface area contributed by atoms with Crippen molar-refractivity contribution >= 4 is 23.6 Å². The highest BCUT2D eigenvalue weighted by molar-refractivity contribution is 7.98. The maximum atomic E-state index is 13.1. The summed E-state index contributed by atoms with van der Waals surface area (Å²) in [5.41, 5.74) is 2.58. The molecule has 2 N–H and O–H groups in total. The number of amides is 2. The van der Waals surface area contributed by atoms with Crippen LogP contribution in [0.5, 0.6) is 0 Å². The molecule has 1 aliphatic carbocycles. The molecule has 5 nitrogen and oxygen atoms in total. The highest BCUT2D eigenvalue weighted by atomic mass is 32.2. The third kappa shape index (κ3) is 5.48. The van der Waals surface area contributed by atoms with Gasteiger partial charge in [0.15, 0.2) is 5.76 Å². The van der Waals surface area contributed by atoms with Crippen LogP contribution in [0.1, 0.15) is 60.2 Å². The molecule has 0 bridgehead atoms. The van der Waals surface area contributed by atoms with E-state index in [1.54, 1.807) is 23.9 Å². The molecule has 0 aliphatic heterocycles. The van der Waals surface area contributed by atoms with Crippen molar-refractivity contribution in [3.8, 4) is 0 Å². The largest absolute Gasteiger partial charge is 0.459 e. The molecule has 30 heavy (non-hydrogen) atoms. The summed E-state index contributed by atoms with van der Waals surface area (Å²) in [6, 6.07) is 11.2. The van der Waals surface area contributed by atoms with E-state index < -0.39 is 6.04 Å². The van der Waals surface area contributed by atoms with Gasteiger partial charge >= 0.3 is 0 Å². The Kier molecular flexibility index (Phi) is 8.02. The summed E-state index contributed by atoms with van der Waals surface area (Å²) < 4.78 is 5.17. The van der Waals surface area contributed by atoms with Gasteiger partial charge in [-0.15, -0.1) is 0 Å². The van der Waals surface area contributed by atoms with Gasteiger partial charge in [-0.05, 0) is 61.5 Å². The molecule has 0 spiro atoms. The fraction of sp³-hybridized carbons (Fsp3) is 0.500. The predicted octanol–water partition coefficient (Wildman–Crippen LogP) is 4.46. The minimum Gasteiger partial charge on any atom is -0.459 e. The van der Waals surface area contributed by atoms with E-state index in [1.165, 1.54) is 36.7 Å². The first-order valence-corrected chi connectivity index (χ1v) is 12.1. The van der Waals surface area contributed by atoms with Crippen molar-refractivity contribution in [3.05, 3.63) is 59.5 Å². The van der Waals surface area contributed by atoms with Crippen LogP contribution in [0.15, 0.2) is 47.1 Å². The first-order valence-electron chi connectivity index (χ1n) is 10.7. The lowest BCUT2D eigenvalue weighted by Crippen LogP contribution is -2.51. The second kappa shape index (κ2) is 10.7. The van der Waals surface area contributed by atoms with Gasteiger partial charge in [-0.1, -0.05) is 43.5 Å². The van der Waals surface area contributed by atoms with Gasteiger partial charge in [-0.25, -0.2) is 0 Å². The number of thioether (sulfide) groups is 1. The van der Waals surface area contributed by atoms with Crippen LogP contribution in [0, 0.1) is 6.92 Å². The minimum absolute atomic E-state index is 0.0334. The summed E-state index contributed by atoms with van der Waals surface area (Å²) in [5, 5.41) is 6.03. The normalized spacial score (nSPS) is 16.6. The van der Waals surface area contributed by atoms with Crippen LogP contribution in [0.3, 0.4) is 0 Å². The molecule has 2 aromatic rings. The van der Waals surface area contributed by atoms with Crippen molar-refractivity contribution in [1.29, 1.82) is 0 Å². The summed E-state index contributed by atoms with van der Waals surface area (Å²) >= 11 is 1.66. The third-order valence-electron chi connectivity index (χ3n) is 6.11. The number of nitrogens with one attached hydrogen (secondary N) is 2. The van der Waals surface area contributed by atoms with Gasteiger partial charge in [-0.2, -0.15) is 11.8 Å². The number of hydrogen-bond donors (Lipinski definition) is 2. The van der Waals surface area contributed by atoms with E-state index in [4.69, 9.17) is 4.42 Å². The monoisotopic (exact) mass is 428 g/mol. The Balaban J connectivity index is 1.71. The van der Waals surface area contributed by atoms with E-state index >= 15 is 0 Å². The number of hydrogen-bond acceptors (Lipinski definition) is 4. The van der Waals surface area contributed by atoms with Crippen molar-refractivity contribution in [1.82, 2.24) is 10.6 Å². The molecule has 1 heterocycles. The molecule has 1 aromatic carbocycles. The lowest BCUT2D eigenvalue weighted by molar-refractivity contribution is -0.123. The number of aryl methyl sites for hydroxylation is 1. The second-order valence-corrected chi connectivity index (χ2v) is 9.14. The van der Waals surface area contributed by atoms with Crippen LogP contribution >= 0.6 is 11.8 Å². The first-order chi connectivity index (χ1) is 14.6. The van der Waals surface area contributed by atoms with Crippen molar-refractivity contribution in [2.75, 3.05) is 18.6 Å². The molecule has 1 saturated carbocycles. The van der Waals surface area contributed by atoms with Gasteiger partial charge in [0.05, 0.1) is 6.26 Å². The number of benzene rings is 1. The zero-order valence-corrected chi connectivity index (χ0v) is 18.7. The Hall–Kier alpha value is -2.21. The van der Waals surface area contributed by atoms with Crippen LogP contribution < -0.4 is 10.6 Å². The lowest BCUT2D eigenvalue weighted by Gasteiger charge is -2.39. The Morgan fingerprint density at radius 3 is 2.57 bits per heavy atom. The number of carbonyl (C=O) groups is 2. The topological polar surface area (TPSA) is 71.3 Å². The highest BCUT2D eigenvalue weighted by Crippen LogP contribution is 2.40. The zero-order chi connectivity index (χ0) is 21.4. The summed E-state index contributed by atoms with van der Waals surface area (Å²) in [6.45, 7) is 2.75. The molecule has 1 aromatic heterocycles. The predicted molar refractivity (Wildman–Crippen MR) is 122 cm³/mol. The molecule has 6 heteroatoms. The highest BCUT2D eigenvalue weighted by Gasteiger charge is 2.36. The van der Waals surface area contributed by atoms with Gasteiger partial charge in [0, 0.05) is 12.0 Å². The van der Waals surface area contributed by atoms with Gasteiger partial charge in [0.1, 0.15) is 6.04 Å².